The van der Waals surface area contributed by atoms with Gasteiger partial charge in [0, 0.05) is 11.8 Å². The molecular formula is C19H31N3O6. The number of morpholine rings is 1. The molecule has 2 atom stereocenters. The highest BCUT2D eigenvalue weighted by Crippen LogP contribution is 2.22. The Labute approximate surface area is 164 Å². The number of hydrogen-bond donors (Lipinski definition) is 1. The van der Waals surface area contributed by atoms with Crippen LogP contribution in [0, 0.1) is 6.92 Å². The van der Waals surface area contributed by atoms with E-state index in [-0.39, 0.29) is 25.3 Å². The van der Waals surface area contributed by atoms with Crippen LogP contribution in [0.15, 0.2) is 15.8 Å². The highest BCUT2D eigenvalue weighted by molar-refractivity contribution is 5.68. The summed E-state index contributed by atoms with van der Waals surface area (Å²) in [7, 11) is 0. The molecular weight excluding hydrogens is 366 g/mol. The topological polar surface area (TPSA) is 103 Å². The van der Waals surface area contributed by atoms with Gasteiger partial charge in [-0.1, -0.05) is 0 Å². The molecule has 1 N–H and O–H groups in total. The summed E-state index contributed by atoms with van der Waals surface area (Å²) in [6.45, 7) is 13.4. The van der Waals surface area contributed by atoms with Gasteiger partial charge in [0.25, 0.3) is 5.56 Å². The number of ether oxygens (including phenoxy) is 3. The van der Waals surface area contributed by atoms with E-state index in [2.05, 4.69) is 4.98 Å². The minimum absolute atomic E-state index is 0.117. The molecule has 0 radical (unpaired) electrons. The van der Waals surface area contributed by atoms with Gasteiger partial charge in [0.05, 0.1) is 25.3 Å². The van der Waals surface area contributed by atoms with Gasteiger partial charge in [0.15, 0.2) is 6.23 Å². The Morgan fingerprint density at radius 3 is 2.39 bits per heavy atom. The maximum atomic E-state index is 12.6. The first kappa shape index (κ1) is 22.2. The van der Waals surface area contributed by atoms with Crippen molar-refractivity contribution in [3.63, 3.8) is 0 Å². The molecule has 0 aromatic carbocycles. The van der Waals surface area contributed by atoms with Gasteiger partial charge in [0.1, 0.15) is 11.7 Å². The average Bonchev–Trinajstić information content (AvgIpc) is 2.54. The highest BCUT2D eigenvalue weighted by atomic mass is 16.6. The Hall–Kier alpha value is -2.13. The summed E-state index contributed by atoms with van der Waals surface area (Å²) in [5.41, 5.74) is -1.69. The van der Waals surface area contributed by atoms with Gasteiger partial charge in [-0.25, -0.2) is 9.59 Å². The molecule has 1 aliphatic heterocycles. The van der Waals surface area contributed by atoms with E-state index in [0.29, 0.717) is 5.56 Å². The SMILES string of the molecule is Cc1cn([C@H]2CN(C(=O)OC(C)(C)C)C[C@@H](COC(C)(C)C)O2)c(=O)[nH]c1=O. The first-order chi connectivity index (χ1) is 12.7. The van der Waals surface area contributed by atoms with Crippen LogP contribution in [-0.4, -0.2) is 57.5 Å². The Morgan fingerprint density at radius 2 is 1.82 bits per heavy atom. The average molecular weight is 397 g/mol. The van der Waals surface area contributed by atoms with E-state index >= 15 is 0 Å². The lowest BCUT2D eigenvalue weighted by Gasteiger charge is -2.39. The normalized spacial score (nSPS) is 20.9. The largest absolute Gasteiger partial charge is 0.444 e. The van der Waals surface area contributed by atoms with Gasteiger partial charge in [-0.15, -0.1) is 0 Å². The Morgan fingerprint density at radius 1 is 1.18 bits per heavy atom. The third kappa shape index (κ3) is 6.20. The number of hydrogen-bond acceptors (Lipinski definition) is 6. The third-order valence-electron chi connectivity index (χ3n) is 3.96. The van der Waals surface area contributed by atoms with Gasteiger partial charge >= 0.3 is 11.8 Å². The van der Waals surface area contributed by atoms with E-state index in [0.717, 1.165) is 0 Å². The fourth-order valence-electron chi connectivity index (χ4n) is 2.68. The van der Waals surface area contributed by atoms with Crippen molar-refractivity contribution >= 4 is 6.09 Å². The molecule has 1 aliphatic rings. The summed E-state index contributed by atoms with van der Waals surface area (Å²) < 4.78 is 18.6. The summed E-state index contributed by atoms with van der Waals surface area (Å²) in [6, 6.07) is 0. The second-order valence-electron chi connectivity index (χ2n) is 9.00. The molecule has 0 saturated carbocycles. The molecule has 1 fully saturated rings. The predicted molar refractivity (Wildman–Crippen MR) is 103 cm³/mol. The van der Waals surface area contributed by atoms with Crippen molar-refractivity contribution in [2.75, 3.05) is 19.7 Å². The standard InChI is InChI=1S/C19H31N3O6/c1-12-8-22(16(24)20-15(12)23)14-10-21(17(25)28-19(5,6)7)9-13(27-14)11-26-18(2,3)4/h8,13-14H,9-11H2,1-7H3,(H,20,23,24)/t13-,14+/m0/s1. The molecule has 2 heterocycles. The number of aromatic amines is 1. The molecule has 28 heavy (non-hydrogen) atoms. The molecule has 1 aromatic rings. The predicted octanol–water partition coefficient (Wildman–Crippen LogP) is 1.79. The zero-order valence-corrected chi connectivity index (χ0v) is 17.7. The van der Waals surface area contributed by atoms with Crippen LogP contribution >= 0.6 is 0 Å². The van der Waals surface area contributed by atoms with Crippen molar-refractivity contribution in [2.24, 2.45) is 0 Å². The smallest absolute Gasteiger partial charge is 0.410 e. The fraction of sp³-hybridized carbons (Fsp3) is 0.737. The number of aryl methyl sites for hydroxylation is 1. The van der Waals surface area contributed by atoms with Gasteiger partial charge in [0.2, 0.25) is 0 Å². The second-order valence-corrected chi connectivity index (χ2v) is 9.00. The zero-order valence-electron chi connectivity index (χ0n) is 17.7. The van der Waals surface area contributed by atoms with Crippen molar-refractivity contribution in [2.45, 2.75) is 72.0 Å². The third-order valence-corrected chi connectivity index (χ3v) is 3.96. The van der Waals surface area contributed by atoms with Gasteiger partial charge in [-0.2, -0.15) is 0 Å². The van der Waals surface area contributed by atoms with Gasteiger partial charge < -0.3 is 19.1 Å². The summed E-state index contributed by atoms with van der Waals surface area (Å²) in [4.78, 5) is 40.3. The molecule has 2 rings (SSSR count). The minimum atomic E-state index is -0.766. The number of rotatable bonds is 3. The molecule has 9 nitrogen and oxygen atoms in total. The number of H-pyrrole nitrogens is 1. The molecule has 0 unspecified atom stereocenters. The van der Waals surface area contributed by atoms with Crippen LogP contribution in [-0.2, 0) is 14.2 Å². The molecule has 0 spiro atoms. The molecule has 0 aliphatic carbocycles. The van der Waals surface area contributed by atoms with E-state index in [9.17, 15) is 14.4 Å². The number of aromatic nitrogens is 2. The van der Waals surface area contributed by atoms with Gasteiger partial charge in [-0.3, -0.25) is 14.3 Å². The molecule has 158 valence electrons. The number of carbonyl (C=O) groups excluding carboxylic acids is 1. The minimum Gasteiger partial charge on any atom is -0.444 e. The first-order valence-corrected chi connectivity index (χ1v) is 9.34. The van der Waals surface area contributed by atoms with Crippen LogP contribution < -0.4 is 11.2 Å². The lowest BCUT2D eigenvalue weighted by molar-refractivity contribution is -0.156. The first-order valence-electron chi connectivity index (χ1n) is 9.34. The van der Waals surface area contributed by atoms with Crippen LogP contribution in [0.5, 0.6) is 0 Å². The van der Waals surface area contributed by atoms with Crippen LogP contribution in [0.4, 0.5) is 4.79 Å². The molecule has 9 heteroatoms. The summed E-state index contributed by atoms with van der Waals surface area (Å²) in [6.07, 6.45) is -0.273. The Balaban J connectivity index is 2.29. The van der Waals surface area contributed by atoms with E-state index in [4.69, 9.17) is 14.2 Å². The van der Waals surface area contributed by atoms with Gasteiger partial charge in [-0.05, 0) is 48.5 Å². The highest BCUT2D eigenvalue weighted by Gasteiger charge is 2.35. The van der Waals surface area contributed by atoms with Crippen molar-refractivity contribution in [3.8, 4) is 0 Å². The second kappa shape index (κ2) is 8.08. The monoisotopic (exact) mass is 397 g/mol. The molecule has 0 bridgehead atoms. The molecule has 1 aromatic heterocycles. The van der Waals surface area contributed by atoms with E-state index in [1.165, 1.54) is 15.7 Å². The fourth-order valence-corrected chi connectivity index (χ4v) is 2.68. The lowest BCUT2D eigenvalue weighted by atomic mass is 10.2. The van der Waals surface area contributed by atoms with Crippen LogP contribution in [0.1, 0.15) is 53.3 Å². The summed E-state index contributed by atoms with van der Waals surface area (Å²) in [5, 5.41) is 0. The number of carbonyl (C=O) groups is 1. The van der Waals surface area contributed by atoms with Crippen molar-refractivity contribution in [1.29, 1.82) is 0 Å². The summed E-state index contributed by atoms with van der Waals surface area (Å²) >= 11 is 0. The number of amides is 1. The molecule has 1 saturated heterocycles. The van der Waals surface area contributed by atoms with E-state index < -0.39 is 35.3 Å². The maximum Gasteiger partial charge on any atom is 0.410 e. The summed E-state index contributed by atoms with van der Waals surface area (Å²) in [5.74, 6) is 0. The molecule has 1 amide bonds. The van der Waals surface area contributed by atoms with Crippen molar-refractivity contribution < 1.29 is 19.0 Å². The van der Waals surface area contributed by atoms with Crippen LogP contribution in [0.25, 0.3) is 0 Å². The van der Waals surface area contributed by atoms with Crippen LogP contribution in [0.2, 0.25) is 0 Å². The van der Waals surface area contributed by atoms with Crippen molar-refractivity contribution in [1.82, 2.24) is 14.5 Å². The Kier molecular flexibility index (Phi) is 6.40. The number of nitrogens with zero attached hydrogens (tertiary/aromatic N) is 2. The van der Waals surface area contributed by atoms with E-state index in [1.54, 1.807) is 27.7 Å². The Bertz CT molecular complexity index is 815. The van der Waals surface area contributed by atoms with E-state index in [1.807, 2.05) is 20.8 Å². The maximum absolute atomic E-state index is 12.6. The van der Waals surface area contributed by atoms with Crippen molar-refractivity contribution in [3.05, 3.63) is 32.6 Å². The van der Waals surface area contributed by atoms with Crippen LogP contribution in [0.3, 0.4) is 0 Å². The number of nitrogens with one attached hydrogen (secondary N) is 1. The lowest BCUT2D eigenvalue weighted by Crippen LogP contribution is -2.53. The zero-order chi connectivity index (χ0) is 21.3. The quantitative estimate of drug-likeness (QED) is 0.834.